The Balaban J connectivity index is 1.88. The molecule has 26 heavy (non-hydrogen) atoms. The molecule has 0 heterocycles. The Morgan fingerprint density at radius 2 is 1.81 bits per heavy atom. The number of carbonyl (C=O) groups is 2. The largest absolute Gasteiger partial charge is 0.329 e. The van der Waals surface area contributed by atoms with Gasteiger partial charge in [-0.15, -0.1) is 0 Å². The topological polar surface area (TPSA) is 70.6 Å². The van der Waals surface area contributed by atoms with E-state index in [0.717, 1.165) is 19.3 Å². The lowest BCUT2D eigenvalue weighted by atomic mass is 10.1. The van der Waals surface area contributed by atoms with Gasteiger partial charge in [0.05, 0.1) is 16.3 Å². The van der Waals surface area contributed by atoms with Crippen LogP contribution in [0.1, 0.15) is 30.9 Å². The third kappa shape index (κ3) is 5.86. The Morgan fingerprint density at radius 1 is 1.08 bits per heavy atom. The van der Waals surface area contributed by atoms with E-state index >= 15 is 0 Å². The summed E-state index contributed by atoms with van der Waals surface area (Å²) in [7, 11) is 0. The van der Waals surface area contributed by atoms with E-state index in [2.05, 4.69) is 22.8 Å². The van der Waals surface area contributed by atoms with Gasteiger partial charge in [0.2, 0.25) is 0 Å². The molecule has 5 nitrogen and oxygen atoms in total. The number of unbranched alkanes of at least 4 members (excludes halogenated alkanes) is 1. The van der Waals surface area contributed by atoms with Crippen LogP contribution < -0.4 is 10.7 Å². The van der Waals surface area contributed by atoms with Gasteiger partial charge in [-0.1, -0.05) is 60.8 Å². The van der Waals surface area contributed by atoms with E-state index in [4.69, 9.17) is 23.2 Å². The molecule has 2 N–H and O–H groups in total. The fourth-order valence-corrected chi connectivity index (χ4v) is 2.51. The molecule has 2 rings (SSSR count). The number of aryl methyl sites for hydroxylation is 1. The first-order valence-electron chi connectivity index (χ1n) is 8.18. The minimum absolute atomic E-state index is 0.319. The smallest absolute Gasteiger partial charge is 0.318 e. The Hall–Kier alpha value is -2.37. The summed E-state index contributed by atoms with van der Waals surface area (Å²) in [5.41, 5.74) is 4.42. The van der Waals surface area contributed by atoms with Gasteiger partial charge >= 0.3 is 11.8 Å². The molecular formula is C19H19Cl2N3O2. The number of hydrazone groups is 1. The summed E-state index contributed by atoms with van der Waals surface area (Å²) in [6, 6.07) is 12.4. The highest BCUT2D eigenvalue weighted by Crippen LogP contribution is 2.24. The van der Waals surface area contributed by atoms with Crippen molar-refractivity contribution in [3.05, 3.63) is 63.6 Å². The van der Waals surface area contributed by atoms with E-state index in [1.54, 1.807) is 30.3 Å². The SMILES string of the molecule is CCCCc1ccc(NC(=O)C(=O)NN=Cc2cccc(Cl)c2Cl)cc1. The molecule has 0 atom stereocenters. The van der Waals surface area contributed by atoms with Crippen molar-refractivity contribution in [3.63, 3.8) is 0 Å². The zero-order chi connectivity index (χ0) is 18.9. The molecule has 0 saturated heterocycles. The summed E-state index contributed by atoms with van der Waals surface area (Å²) in [5.74, 6) is -1.69. The van der Waals surface area contributed by atoms with Crippen LogP contribution >= 0.6 is 23.2 Å². The Bertz CT molecular complexity index is 805. The summed E-state index contributed by atoms with van der Waals surface area (Å²) in [6.07, 6.45) is 4.55. The van der Waals surface area contributed by atoms with Crippen molar-refractivity contribution in [3.8, 4) is 0 Å². The predicted octanol–water partition coefficient (Wildman–Crippen LogP) is 4.42. The van der Waals surface area contributed by atoms with E-state index in [0.29, 0.717) is 21.3 Å². The number of halogens is 2. The summed E-state index contributed by atoms with van der Waals surface area (Å²) < 4.78 is 0. The summed E-state index contributed by atoms with van der Waals surface area (Å²) >= 11 is 11.9. The minimum Gasteiger partial charge on any atom is -0.318 e. The second-order valence-corrected chi connectivity index (χ2v) is 6.38. The molecule has 136 valence electrons. The van der Waals surface area contributed by atoms with Crippen molar-refractivity contribution in [1.82, 2.24) is 5.43 Å². The zero-order valence-electron chi connectivity index (χ0n) is 14.3. The number of nitrogens with one attached hydrogen (secondary N) is 2. The number of carbonyl (C=O) groups excluding carboxylic acids is 2. The first-order chi connectivity index (χ1) is 12.5. The quantitative estimate of drug-likeness (QED) is 0.434. The molecule has 0 aliphatic heterocycles. The van der Waals surface area contributed by atoms with Crippen LogP contribution in [0.5, 0.6) is 0 Å². The highest BCUT2D eigenvalue weighted by molar-refractivity contribution is 6.43. The first-order valence-corrected chi connectivity index (χ1v) is 8.94. The van der Waals surface area contributed by atoms with Gasteiger partial charge in [0.25, 0.3) is 0 Å². The standard InChI is InChI=1S/C19H19Cl2N3O2/c1-2-3-5-13-8-10-15(11-9-13)23-18(25)19(26)24-22-12-14-6-4-7-16(20)17(14)21/h4,6-12H,2-3,5H2,1H3,(H,23,25)(H,24,26). The van der Waals surface area contributed by atoms with Gasteiger partial charge in [0, 0.05) is 11.3 Å². The molecule has 0 bridgehead atoms. The van der Waals surface area contributed by atoms with Crippen LogP contribution in [0.3, 0.4) is 0 Å². The third-order valence-corrected chi connectivity index (χ3v) is 4.42. The molecule has 2 aromatic carbocycles. The lowest BCUT2D eigenvalue weighted by molar-refractivity contribution is -0.136. The first kappa shape index (κ1) is 19.9. The summed E-state index contributed by atoms with van der Waals surface area (Å²) in [5, 5.41) is 6.94. The van der Waals surface area contributed by atoms with E-state index < -0.39 is 11.8 Å². The average Bonchev–Trinajstić information content (AvgIpc) is 2.64. The van der Waals surface area contributed by atoms with E-state index in [9.17, 15) is 9.59 Å². The van der Waals surface area contributed by atoms with Gasteiger partial charge in [-0.2, -0.15) is 5.10 Å². The van der Waals surface area contributed by atoms with Crippen molar-refractivity contribution >= 4 is 46.9 Å². The molecule has 0 saturated carbocycles. The van der Waals surface area contributed by atoms with Crippen molar-refractivity contribution in [1.29, 1.82) is 0 Å². The highest BCUT2D eigenvalue weighted by atomic mass is 35.5. The molecule has 0 aromatic heterocycles. The van der Waals surface area contributed by atoms with Crippen LogP contribution in [-0.4, -0.2) is 18.0 Å². The average molecular weight is 392 g/mol. The van der Waals surface area contributed by atoms with Crippen molar-refractivity contribution in [2.45, 2.75) is 26.2 Å². The van der Waals surface area contributed by atoms with Gasteiger partial charge < -0.3 is 5.32 Å². The monoisotopic (exact) mass is 391 g/mol. The van der Waals surface area contributed by atoms with Gasteiger partial charge in [-0.25, -0.2) is 5.43 Å². The maximum absolute atomic E-state index is 11.9. The van der Waals surface area contributed by atoms with E-state index in [-0.39, 0.29) is 0 Å². The van der Waals surface area contributed by atoms with Crippen molar-refractivity contribution < 1.29 is 9.59 Å². The maximum atomic E-state index is 11.9. The Kier molecular flexibility index (Phi) is 7.63. The molecule has 0 aliphatic carbocycles. The number of hydrogen-bond donors (Lipinski definition) is 2. The zero-order valence-corrected chi connectivity index (χ0v) is 15.8. The maximum Gasteiger partial charge on any atom is 0.329 e. The molecule has 0 spiro atoms. The number of hydrogen-bond acceptors (Lipinski definition) is 3. The Labute approximate surface area is 162 Å². The minimum atomic E-state index is -0.880. The van der Waals surface area contributed by atoms with Gasteiger partial charge in [0.15, 0.2) is 0 Å². The second-order valence-electron chi connectivity index (χ2n) is 5.60. The second kappa shape index (κ2) is 9.94. The van der Waals surface area contributed by atoms with Crippen molar-refractivity contribution in [2.75, 3.05) is 5.32 Å². The van der Waals surface area contributed by atoms with Gasteiger partial charge in [0.1, 0.15) is 0 Å². The normalized spacial score (nSPS) is 10.7. The number of benzene rings is 2. The van der Waals surface area contributed by atoms with Crippen LogP contribution in [0.25, 0.3) is 0 Å². The van der Waals surface area contributed by atoms with Gasteiger partial charge in [-0.3, -0.25) is 9.59 Å². The van der Waals surface area contributed by atoms with Crippen LogP contribution in [0.2, 0.25) is 10.0 Å². The number of rotatable bonds is 6. The van der Waals surface area contributed by atoms with Crippen LogP contribution in [0.15, 0.2) is 47.6 Å². The lowest BCUT2D eigenvalue weighted by Crippen LogP contribution is -2.32. The lowest BCUT2D eigenvalue weighted by Gasteiger charge is -2.05. The summed E-state index contributed by atoms with van der Waals surface area (Å²) in [6.45, 7) is 2.13. The van der Waals surface area contributed by atoms with E-state index in [1.165, 1.54) is 11.8 Å². The van der Waals surface area contributed by atoms with Crippen LogP contribution in [-0.2, 0) is 16.0 Å². The molecule has 2 amide bonds. The van der Waals surface area contributed by atoms with Gasteiger partial charge in [-0.05, 0) is 36.6 Å². The third-order valence-electron chi connectivity index (χ3n) is 3.59. The Morgan fingerprint density at radius 3 is 2.50 bits per heavy atom. The number of amides is 2. The number of anilines is 1. The van der Waals surface area contributed by atoms with Crippen LogP contribution in [0.4, 0.5) is 5.69 Å². The number of nitrogens with zero attached hydrogens (tertiary/aromatic N) is 1. The van der Waals surface area contributed by atoms with E-state index in [1.807, 2.05) is 12.1 Å². The summed E-state index contributed by atoms with van der Waals surface area (Å²) in [4.78, 5) is 23.7. The van der Waals surface area contributed by atoms with Crippen molar-refractivity contribution in [2.24, 2.45) is 5.10 Å². The molecule has 0 unspecified atom stereocenters. The molecule has 0 fully saturated rings. The van der Waals surface area contributed by atoms with Crippen LogP contribution in [0, 0.1) is 0 Å². The molecular weight excluding hydrogens is 373 g/mol. The fourth-order valence-electron chi connectivity index (χ4n) is 2.15. The predicted molar refractivity (Wildman–Crippen MR) is 106 cm³/mol. The molecule has 0 radical (unpaired) electrons. The fraction of sp³-hybridized carbons (Fsp3) is 0.211. The molecule has 0 aliphatic rings. The molecule has 7 heteroatoms. The highest BCUT2D eigenvalue weighted by Gasteiger charge is 2.13. The molecule has 2 aromatic rings.